The highest BCUT2D eigenvalue weighted by Gasteiger charge is 2.34. The standard InChI is InChI=1S/C19H11ClF3N3O4/c20-15-7-5-11(9-16(15)26(28)29)17-8-6-12(30-17)10-24-25-18(27)13-3-1-2-4-14(13)19(21,22)23/h1-10H,(H,25,27)/b24-10+. The Labute approximate surface area is 171 Å². The Bertz CT molecular complexity index is 1140. The number of rotatable bonds is 5. The molecule has 0 atom stereocenters. The molecule has 0 spiro atoms. The van der Waals surface area contributed by atoms with Gasteiger partial charge in [-0.2, -0.15) is 18.3 Å². The van der Waals surface area contributed by atoms with Crippen molar-refractivity contribution in [2.45, 2.75) is 6.18 Å². The molecular formula is C19H11ClF3N3O4. The highest BCUT2D eigenvalue weighted by Crippen LogP contribution is 2.32. The maximum absolute atomic E-state index is 13.0. The number of hydrazone groups is 1. The summed E-state index contributed by atoms with van der Waals surface area (Å²) in [5.41, 5.74) is 0.438. The van der Waals surface area contributed by atoms with Crippen molar-refractivity contribution < 1.29 is 27.3 Å². The van der Waals surface area contributed by atoms with Crippen molar-refractivity contribution in [3.05, 3.63) is 86.6 Å². The van der Waals surface area contributed by atoms with Crippen molar-refractivity contribution in [2.24, 2.45) is 5.10 Å². The average molecular weight is 438 g/mol. The van der Waals surface area contributed by atoms with Gasteiger partial charge in [0.2, 0.25) is 0 Å². The van der Waals surface area contributed by atoms with Crippen molar-refractivity contribution in [3.63, 3.8) is 0 Å². The second-order valence-corrected chi connectivity index (χ2v) is 6.27. The van der Waals surface area contributed by atoms with Gasteiger partial charge in [0.15, 0.2) is 0 Å². The fourth-order valence-corrected chi connectivity index (χ4v) is 2.71. The van der Waals surface area contributed by atoms with E-state index in [0.717, 1.165) is 18.3 Å². The molecule has 1 aromatic heterocycles. The summed E-state index contributed by atoms with van der Waals surface area (Å²) in [5.74, 6) is -0.615. The number of hydrogen-bond acceptors (Lipinski definition) is 5. The normalized spacial score (nSPS) is 11.6. The minimum atomic E-state index is -4.69. The first-order chi connectivity index (χ1) is 14.2. The minimum absolute atomic E-state index is 0.0288. The van der Waals surface area contributed by atoms with Gasteiger partial charge in [0.05, 0.1) is 22.3 Å². The van der Waals surface area contributed by atoms with E-state index in [-0.39, 0.29) is 22.2 Å². The van der Waals surface area contributed by atoms with Gasteiger partial charge in [0, 0.05) is 11.6 Å². The van der Waals surface area contributed by atoms with Gasteiger partial charge in [-0.05, 0) is 36.4 Å². The van der Waals surface area contributed by atoms with Gasteiger partial charge in [-0.15, -0.1) is 0 Å². The lowest BCUT2D eigenvalue weighted by Gasteiger charge is -2.10. The summed E-state index contributed by atoms with van der Waals surface area (Å²) in [6, 6.07) is 11.4. The van der Waals surface area contributed by atoms with Gasteiger partial charge in [0.25, 0.3) is 11.6 Å². The van der Waals surface area contributed by atoms with Crippen LogP contribution in [0.1, 0.15) is 21.7 Å². The second-order valence-electron chi connectivity index (χ2n) is 5.87. The average Bonchev–Trinajstić information content (AvgIpc) is 3.16. The number of nitro groups is 1. The highest BCUT2D eigenvalue weighted by molar-refractivity contribution is 6.32. The van der Waals surface area contributed by atoms with Crippen molar-refractivity contribution in [2.75, 3.05) is 0 Å². The Morgan fingerprint density at radius 1 is 1.17 bits per heavy atom. The quantitative estimate of drug-likeness (QED) is 0.333. The number of carbonyl (C=O) groups excluding carboxylic acids is 1. The Kier molecular flexibility index (Phi) is 5.88. The molecule has 0 radical (unpaired) electrons. The molecule has 154 valence electrons. The van der Waals surface area contributed by atoms with E-state index >= 15 is 0 Å². The molecule has 3 aromatic rings. The first kappa shape index (κ1) is 21.1. The molecule has 1 N–H and O–H groups in total. The van der Waals surface area contributed by atoms with E-state index < -0.39 is 28.1 Å². The molecule has 0 saturated heterocycles. The molecule has 3 rings (SSSR count). The zero-order valence-corrected chi connectivity index (χ0v) is 15.6. The fourth-order valence-electron chi connectivity index (χ4n) is 2.53. The molecule has 0 unspecified atom stereocenters. The number of nitrogens with zero attached hydrogens (tertiary/aromatic N) is 2. The van der Waals surface area contributed by atoms with Crippen LogP contribution in [0.5, 0.6) is 0 Å². The van der Waals surface area contributed by atoms with Crippen LogP contribution in [0, 0.1) is 10.1 Å². The molecule has 0 bridgehead atoms. The molecule has 7 nitrogen and oxygen atoms in total. The molecule has 2 aromatic carbocycles. The van der Waals surface area contributed by atoms with E-state index in [1.165, 1.54) is 42.5 Å². The molecule has 1 heterocycles. The molecular weight excluding hydrogens is 427 g/mol. The Balaban J connectivity index is 1.74. The van der Waals surface area contributed by atoms with Gasteiger partial charge in [-0.3, -0.25) is 14.9 Å². The SMILES string of the molecule is O=C(N/N=C/c1ccc(-c2ccc(Cl)c([N+](=O)[O-])c2)o1)c1ccccc1C(F)(F)F. The predicted molar refractivity (Wildman–Crippen MR) is 102 cm³/mol. The zero-order valence-electron chi connectivity index (χ0n) is 14.8. The third-order valence-electron chi connectivity index (χ3n) is 3.89. The van der Waals surface area contributed by atoms with Crippen molar-refractivity contribution in [1.82, 2.24) is 5.43 Å². The van der Waals surface area contributed by atoms with E-state index in [1.807, 2.05) is 5.43 Å². The van der Waals surface area contributed by atoms with Crippen LogP contribution in [0.4, 0.5) is 18.9 Å². The first-order valence-corrected chi connectivity index (χ1v) is 8.58. The maximum atomic E-state index is 13.0. The van der Waals surface area contributed by atoms with E-state index in [1.54, 1.807) is 0 Å². The number of amides is 1. The number of nitro benzene ring substituents is 1. The summed E-state index contributed by atoms with van der Waals surface area (Å²) in [4.78, 5) is 22.4. The summed E-state index contributed by atoms with van der Waals surface area (Å²) < 4.78 is 44.4. The van der Waals surface area contributed by atoms with Gasteiger partial charge < -0.3 is 4.42 Å². The highest BCUT2D eigenvalue weighted by atomic mass is 35.5. The van der Waals surface area contributed by atoms with Crippen LogP contribution in [-0.2, 0) is 6.18 Å². The van der Waals surface area contributed by atoms with Gasteiger partial charge in [0.1, 0.15) is 16.5 Å². The number of halogens is 4. The van der Waals surface area contributed by atoms with E-state index in [4.69, 9.17) is 16.0 Å². The topological polar surface area (TPSA) is 97.7 Å². The van der Waals surface area contributed by atoms with Gasteiger partial charge in [-0.25, -0.2) is 5.43 Å². The van der Waals surface area contributed by atoms with E-state index in [9.17, 15) is 28.1 Å². The Hall–Kier alpha value is -3.66. The summed E-state index contributed by atoms with van der Waals surface area (Å²) in [6.07, 6.45) is -3.60. The Morgan fingerprint density at radius 2 is 1.90 bits per heavy atom. The maximum Gasteiger partial charge on any atom is 0.417 e. The largest absolute Gasteiger partial charge is 0.455 e. The van der Waals surface area contributed by atoms with Crippen LogP contribution in [0.3, 0.4) is 0 Å². The second kappa shape index (κ2) is 8.37. The number of nitrogens with one attached hydrogen (secondary N) is 1. The van der Waals surface area contributed by atoms with Crippen LogP contribution >= 0.6 is 11.6 Å². The van der Waals surface area contributed by atoms with Crippen LogP contribution in [0.25, 0.3) is 11.3 Å². The van der Waals surface area contributed by atoms with Crippen molar-refractivity contribution in [3.8, 4) is 11.3 Å². The number of alkyl halides is 3. The molecule has 0 aliphatic carbocycles. The van der Waals surface area contributed by atoms with Crippen LogP contribution in [0.15, 0.2) is 64.1 Å². The van der Waals surface area contributed by atoms with Crippen LogP contribution < -0.4 is 5.43 Å². The van der Waals surface area contributed by atoms with E-state index in [2.05, 4.69) is 5.10 Å². The smallest absolute Gasteiger partial charge is 0.417 e. The fraction of sp³-hybridized carbons (Fsp3) is 0.0526. The Morgan fingerprint density at radius 3 is 2.60 bits per heavy atom. The van der Waals surface area contributed by atoms with Gasteiger partial charge >= 0.3 is 6.18 Å². The van der Waals surface area contributed by atoms with Gasteiger partial charge in [-0.1, -0.05) is 23.7 Å². The zero-order chi connectivity index (χ0) is 21.9. The monoisotopic (exact) mass is 437 g/mol. The molecule has 0 aliphatic rings. The summed E-state index contributed by atoms with van der Waals surface area (Å²) in [7, 11) is 0. The summed E-state index contributed by atoms with van der Waals surface area (Å²) in [6.45, 7) is 0. The molecule has 0 aliphatic heterocycles. The molecule has 0 saturated carbocycles. The molecule has 11 heteroatoms. The lowest BCUT2D eigenvalue weighted by molar-refractivity contribution is -0.384. The van der Waals surface area contributed by atoms with Crippen molar-refractivity contribution >= 4 is 29.4 Å². The predicted octanol–water partition coefficient (Wildman–Crippen LogP) is 5.29. The molecule has 0 fully saturated rings. The van der Waals surface area contributed by atoms with Crippen LogP contribution in [-0.4, -0.2) is 17.0 Å². The number of furan rings is 1. The van der Waals surface area contributed by atoms with Crippen molar-refractivity contribution in [1.29, 1.82) is 0 Å². The summed E-state index contributed by atoms with van der Waals surface area (Å²) in [5, 5.41) is 14.5. The third-order valence-corrected chi connectivity index (χ3v) is 4.21. The molecule has 30 heavy (non-hydrogen) atoms. The molecule has 1 amide bonds. The minimum Gasteiger partial charge on any atom is -0.455 e. The lowest BCUT2D eigenvalue weighted by atomic mass is 10.1. The number of benzene rings is 2. The first-order valence-electron chi connectivity index (χ1n) is 8.20. The lowest BCUT2D eigenvalue weighted by Crippen LogP contribution is -2.22. The van der Waals surface area contributed by atoms with Crippen LogP contribution in [0.2, 0.25) is 5.02 Å². The number of carbonyl (C=O) groups is 1. The number of hydrogen-bond donors (Lipinski definition) is 1. The third kappa shape index (κ3) is 4.66. The summed E-state index contributed by atoms with van der Waals surface area (Å²) >= 11 is 5.77. The van der Waals surface area contributed by atoms with E-state index in [0.29, 0.717) is 5.56 Å².